The van der Waals surface area contributed by atoms with Crippen LogP contribution in [0.15, 0.2) is 24.3 Å². The highest BCUT2D eigenvalue weighted by molar-refractivity contribution is 6.03. The summed E-state index contributed by atoms with van der Waals surface area (Å²) < 4.78 is 5.47. The van der Waals surface area contributed by atoms with Crippen LogP contribution in [0.4, 0.5) is 10.5 Å². The van der Waals surface area contributed by atoms with Crippen molar-refractivity contribution in [1.29, 1.82) is 0 Å². The van der Waals surface area contributed by atoms with Gasteiger partial charge in [-0.3, -0.25) is 14.6 Å². The molecule has 0 aromatic heterocycles. The van der Waals surface area contributed by atoms with E-state index in [0.29, 0.717) is 6.54 Å². The number of carbonyl (C=O) groups excluding carboxylic acids is 2. The first-order valence-electron chi connectivity index (χ1n) is 10.9. The van der Waals surface area contributed by atoms with Gasteiger partial charge in [-0.2, -0.15) is 0 Å². The lowest BCUT2D eigenvalue weighted by atomic mass is 9.94. The van der Waals surface area contributed by atoms with Crippen molar-refractivity contribution in [1.82, 2.24) is 9.80 Å². The topological polar surface area (TPSA) is 79.1 Å². The van der Waals surface area contributed by atoms with Crippen LogP contribution in [0.25, 0.3) is 0 Å². The monoisotopic (exact) mass is 398 g/mol. The molecule has 156 valence electrons. The molecule has 2 atom stereocenters. The van der Waals surface area contributed by atoms with Gasteiger partial charge in [-0.05, 0) is 49.8 Å². The molecule has 3 saturated heterocycles. The quantitative estimate of drug-likeness (QED) is 0.819. The van der Waals surface area contributed by atoms with Crippen molar-refractivity contribution in [3.8, 4) is 0 Å². The Balaban J connectivity index is 1.37. The molecule has 3 aliphatic heterocycles. The molecule has 0 bridgehead atoms. The van der Waals surface area contributed by atoms with Gasteiger partial charge in [-0.15, -0.1) is 0 Å². The number of piperidine rings is 1. The van der Waals surface area contributed by atoms with E-state index < -0.39 is 11.9 Å². The summed E-state index contributed by atoms with van der Waals surface area (Å²) in [7, 11) is 0. The lowest BCUT2D eigenvalue weighted by Gasteiger charge is -2.31. The number of fused-ring (bicyclic) bond motifs is 1. The fraction of sp³-hybridized carbons (Fsp3) is 0.636. The summed E-state index contributed by atoms with van der Waals surface area (Å²) in [6, 6.07) is 7.54. The predicted octanol–water partition coefficient (Wildman–Crippen LogP) is 1.70. The number of urea groups is 1. The maximum absolute atomic E-state index is 13.0. The van der Waals surface area contributed by atoms with Gasteiger partial charge in [0.05, 0.1) is 19.3 Å². The summed E-state index contributed by atoms with van der Waals surface area (Å²) in [6.07, 6.45) is 5.27. The number of amides is 3. The number of nitrogens with two attached hydrogens (primary N) is 1. The van der Waals surface area contributed by atoms with Gasteiger partial charge in [0.1, 0.15) is 6.04 Å². The number of ether oxygens (including phenoxy) is 1. The number of hydrogen-bond donors (Lipinski definition) is 1. The molecule has 2 N–H and O–H groups in total. The zero-order chi connectivity index (χ0) is 20.0. The SMILES string of the molecule is NC(=O)C1[C@H]2CCCCN2C(=O)N1c1ccc(C2(CN3CCOCC3)CC2)cc1. The van der Waals surface area contributed by atoms with Crippen LogP contribution in [0.2, 0.25) is 0 Å². The minimum absolute atomic E-state index is 0.0827. The number of hydrogen-bond acceptors (Lipinski definition) is 4. The minimum atomic E-state index is -0.572. The number of morpholine rings is 1. The molecule has 1 aromatic carbocycles. The van der Waals surface area contributed by atoms with E-state index in [-0.39, 0.29) is 17.5 Å². The Labute approximate surface area is 171 Å². The van der Waals surface area contributed by atoms with Gasteiger partial charge in [0.25, 0.3) is 0 Å². The molecule has 5 rings (SSSR count). The second-order valence-corrected chi connectivity index (χ2v) is 8.97. The summed E-state index contributed by atoms with van der Waals surface area (Å²) >= 11 is 0. The van der Waals surface area contributed by atoms with Gasteiger partial charge in [0.2, 0.25) is 5.91 Å². The molecule has 29 heavy (non-hydrogen) atoms. The molecule has 3 heterocycles. The highest BCUT2D eigenvalue weighted by Gasteiger charge is 2.50. The third-order valence-electron chi connectivity index (χ3n) is 7.18. The highest BCUT2D eigenvalue weighted by atomic mass is 16.5. The molecule has 4 aliphatic rings. The summed E-state index contributed by atoms with van der Waals surface area (Å²) in [4.78, 5) is 31.2. The van der Waals surface area contributed by atoms with Crippen LogP contribution in [0.5, 0.6) is 0 Å². The van der Waals surface area contributed by atoms with Crippen molar-refractivity contribution in [2.75, 3.05) is 44.3 Å². The smallest absolute Gasteiger partial charge is 0.325 e. The molecule has 0 spiro atoms. The number of anilines is 1. The number of benzene rings is 1. The number of carbonyl (C=O) groups is 2. The number of nitrogens with zero attached hydrogens (tertiary/aromatic N) is 3. The number of rotatable bonds is 5. The Morgan fingerprint density at radius 1 is 1.10 bits per heavy atom. The van der Waals surface area contributed by atoms with Crippen molar-refractivity contribution in [3.63, 3.8) is 0 Å². The van der Waals surface area contributed by atoms with Crippen LogP contribution < -0.4 is 10.6 Å². The second-order valence-electron chi connectivity index (χ2n) is 8.97. The molecule has 1 aliphatic carbocycles. The third-order valence-corrected chi connectivity index (χ3v) is 7.18. The molecule has 3 amide bonds. The van der Waals surface area contributed by atoms with Crippen LogP contribution in [-0.2, 0) is 14.9 Å². The van der Waals surface area contributed by atoms with Crippen molar-refractivity contribution in [2.45, 2.75) is 49.6 Å². The van der Waals surface area contributed by atoms with Crippen LogP contribution in [-0.4, -0.2) is 73.2 Å². The largest absolute Gasteiger partial charge is 0.379 e. The Hall–Kier alpha value is -2.12. The summed E-state index contributed by atoms with van der Waals surface area (Å²) in [5, 5.41) is 0. The molecule has 1 aromatic rings. The molecule has 0 radical (unpaired) electrons. The summed E-state index contributed by atoms with van der Waals surface area (Å²) in [5.74, 6) is -0.414. The fourth-order valence-corrected chi connectivity index (χ4v) is 5.39. The standard InChI is InChI=1S/C22H30N4O3/c23-20(27)19-18-3-1-2-10-25(18)21(28)26(19)17-6-4-16(5-7-17)22(8-9-22)15-24-11-13-29-14-12-24/h4-7,18-19H,1-3,8-15H2,(H2,23,27)/t18-,19?/m1/s1. The van der Waals surface area contributed by atoms with Crippen LogP contribution in [0.3, 0.4) is 0 Å². The molecular weight excluding hydrogens is 368 g/mol. The lowest BCUT2D eigenvalue weighted by molar-refractivity contribution is -0.119. The van der Waals surface area contributed by atoms with Crippen molar-refractivity contribution >= 4 is 17.6 Å². The summed E-state index contributed by atoms with van der Waals surface area (Å²) in [6.45, 7) is 5.42. The van der Waals surface area contributed by atoms with Gasteiger partial charge >= 0.3 is 6.03 Å². The van der Waals surface area contributed by atoms with E-state index in [9.17, 15) is 9.59 Å². The van der Waals surface area contributed by atoms with Crippen molar-refractivity contribution < 1.29 is 14.3 Å². The van der Waals surface area contributed by atoms with Gasteiger partial charge in [0, 0.05) is 37.3 Å². The molecular formula is C22H30N4O3. The maximum atomic E-state index is 13.0. The van der Waals surface area contributed by atoms with Crippen LogP contribution >= 0.6 is 0 Å². The van der Waals surface area contributed by atoms with E-state index in [0.717, 1.165) is 57.8 Å². The van der Waals surface area contributed by atoms with E-state index >= 15 is 0 Å². The molecule has 7 nitrogen and oxygen atoms in total. The van der Waals surface area contributed by atoms with E-state index in [1.165, 1.54) is 18.4 Å². The molecule has 7 heteroatoms. The first kappa shape index (κ1) is 18.9. The Morgan fingerprint density at radius 2 is 1.83 bits per heavy atom. The minimum Gasteiger partial charge on any atom is -0.379 e. The maximum Gasteiger partial charge on any atom is 0.325 e. The third kappa shape index (κ3) is 3.30. The summed E-state index contributed by atoms with van der Waals surface area (Å²) in [5.41, 5.74) is 8.06. The first-order chi connectivity index (χ1) is 14.1. The Morgan fingerprint density at radius 3 is 2.48 bits per heavy atom. The Kier molecular flexibility index (Phi) is 4.75. The van der Waals surface area contributed by atoms with Crippen molar-refractivity contribution in [3.05, 3.63) is 29.8 Å². The normalized spacial score (nSPS) is 29.0. The van der Waals surface area contributed by atoms with Gasteiger partial charge in [-0.1, -0.05) is 12.1 Å². The van der Waals surface area contributed by atoms with E-state index in [2.05, 4.69) is 17.0 Å². The van der Waals surface area contributed by atoms with Crippen molar-refractivity contribution in [2.24, 2.45) is 5.73 Å². The van der Waals surface area contributed by atoms with Gasteiger partial charge < -0.3 is 15.4 Å². The molecule has 1 unspecified atom stereocenters. The number of primary amides is 1. The van der Waals surface area contributed by atoms with Gasteiger partial charge in [-0.25, -0.2) is 4.79 Å². The first-order valence-corrected chi connectivity index (χ1v) is 10.9. The molecule has 4 fully saturated rings. The van der Waals surface area contributed by atoms with Crippen LogP contribution in [0.1, 0.15) is 37.7 Å². The van der Waals surface area contributed by atoms with E-state index in [1.807, 2.05) is 17.0 Å². The zero-order valence-corrected chi connectivity index (χ0v) is 16.9. The molecule has 1 saturated carbocycles. The van der Waals surface area contributed by atoms with Gasteiger partial charge in [0.15, 0.2) is 0 Å². The average molecular weight is 399 g/mol. The van der Waals surface area contributed by atoms with E-state index in [4.69, 9.17) is 10.5 Å². The fourth-order valence-electron chi connectivity index (χ4n) is 5.39. The lowest BCUT2D eigenvalue weighted by Crippen LogP contribution is -2.48. The zero-order valence-electron chi connectivity index (χ0n) is 16.9. The average Bonchev–Trinajstić information content (AvgIpc) is 3.46. The predicted molar refractivity (Wildman–Crippen MR) is 110 cm³/mol. The van der Waals surface area contributed by atoms with E-state index in [1.54, 1.807) is 4.90 Å². The highest BCUT2D eigenvalue weighted by Crippen LogP contribution is 2.49. The Bertz CT molecular complexity index is 786. The van der Waals surface area contributed by atoms with Crippen LogP contribution in [0, 0.1) is 0 Å². The second kappa shape index (κ2) is 7.29.